The highest BCUT2D eigenvalue weighted by atomic mass is 127. The van der Waals surface area contributed by atoms with Crippen molar-refractivity contribution in [3.63, 3.8) is 0 Å². The number of nitrogens with zero attached hydrogens (tertiary/aromatic N) is 2. The summed E-state index contributed by atoms with van der Waals surface area (Å²) in [6.45, 7) is 3.07. The number of aliphatic imine (C=N–C) groups is 1. The fourth-order valence-corrected chi connectivity index (χ4v) is 2.99. The molecule has 0 saturated carbocycles. The van der Waals surface area contributed by atoms with E-state index in [9.17, 15) is 4.39 Å². The Morgan fingerprint density at radius 3 is 3.00 bits per heavy atom. The Labute approximate surface area is 156 Å². The second-order valence-corrected chi connectivity index (χ2v) is 6.11. The van der Waals surface area contributed by atoms with Crippen molar-refractivity contribution in [3.05, 3.63) is 34.1 Å². The van der Waals surface area contributed by atoms with E-state index in [2.05, 4.69) is 31.1 Å². The van der Waals surface area contributed by atoms with Gasteiger partial charge in [-0.15, -0.1) is 24.0 Å². The Bertz CT molecular complexity index is 516. The third kappa shape index (κ3) is 5.34. The van der Waals surface area contributed by atoms with Crippen molar-refractivity contribution in [1.82, 2.24) is 10.2 Å². The molecule has 1 aromatic rings. The van der Waals surface area contributed by atoms with Crippen LogP contribution in [-0.2, 0) is 11.3 Å². The van der Waals surface area contributed by atoms with Crippen LogP contribution in [0.5, 0.6) is 0 Å². The van der Waals surface area contributed by atoms with Crippen LogP contribution in [0, 0.1) is 11.7 Å². The molecule has 1 atom stereocenters. The average molecular weight is 486 g/mol. The summed E-state index contributed by atoms with van der Waals surface area (Å²) in [6.07, 6.45) is 1.10. The van der Waals surface area contributed by atoms with E-state index in [1.165, 1.54) is 6.07 Å². The monoisotopic (exact) mass is 485 g/mol. The lowest BCUT2D eigenvalue weighted by atomic mass is 10.1. The molecule has 22 heavy (non-hydrogen) atoms. The highest BCUT2D eigenvalue weighted by Crippen LogP contribution is 2.18. The molecule has 1 aromatic carbocycles. The Morgan fingerprint density at radius 1 is 1.55 bits per heavy atom. The first kappa shape index (κ1) is 19.6. The third-order valence-corrected chi connectivity index (χ3v) is 4.14. The quantitative estimate of drug-likeness (QED) is 0.404. The van der Waals surface area contributed by atoms with Crippen LogP contribution in [0.15, 0.2) is 27.7 Å². The number of methoxy groups -OCH3 is 1. The number of likely N-dealkylation sites (tertiary alicyclic amines) is 1. The van der Waals surface area contributed by atoms with Gasteiger partial charge in [-0.05, 0) is 24.6 Å². The van der Waals surface area contributed by atoms with Gasteiger partial charge in [0.25, 0.3) is 0 Å². The van der Waals surface area contributed by atoms with Crippen molar-refractivity contribution in [2.45, 2.75) is 13.0 Å². The Balaban J connectivity index is 0.00000242. The van der Waals surface area contributed by atoms with E-state index in [1.807, 2.05) is 0 Å². The predicted molar refractivity (Wildman–Crippen MR) is 101 cm³/mol. The van der Waals surface area contributed by atoms with Gasteiger partial charge in [0.2, 0.25) is 0 Å². The van der Waals surface area contributed by atoms with Gasteiger partial charge in [0.1, 0.15) is 5.82 Å². The van der Waals surface area contributed by atoms with Crippen molar-refractivity contribution in [2.24, 2.45) is 10.9 Å². The van der Waals surface area contributed by atoms with E-state index >= 15 is 0 Å². The number of nitrogens with one attached hydrogen (secondary N) is 1. The van der Waals surface area contributed by atoms with Gasteiger partial charge in [0, 0.05) is 49.7 Å². The van der Waals surface area contributed by atoms with Crippen molar-refractivity contribution in [1.29, 1.82) is 0 Å². The lowest BCUT2D eigenvalue weighted by Crippen LogP contribution is -2.40. The van der Waals surface area contributed by atoms with Crippen molar-refractivity contribution >= 4 is 45.9 Å². The highest BCUT2D eigenvalue weighted by molar-refractivity contribution is 14.0. The first-order valence-electron chi connectivity index (χ1n) is 7.02. The zero-order valence-electron chi connectivity index (χ0n) is 12.8. The maximum Gasteiger partial charge on any atom is 0.193 e. The van der Waals surface area contributed by atoms with Crippen LogP contribution >= 0.6 is 39.9 Å². The molecule has 124 valence electrons. The topological polar surface area (TPSA) is 36.9 Å². The van der Waals surface area contributed by atoms with Gasteiger partial charge in [-0.1, -0.05) is 15.9 Å². The number of halogens is 3. The van der Waals surface area contributed by atoms with Gasteiger partial charge in [-0.2, -0.15) is 0 Å². The summed E-state index contributed by atoms with van der Waals surface area (Å²) in [5, 5.41) is 3.23. The third-order valence-electron chi connectivity index (χ3n) is 3.64. The Kier molecular flexibility index (Phi) is 8.63. The summed E-state index contributed by atoms with van der Waals surface area (Å²) in [5.41, 5.74) is 0.623. The molecule has 1 N–H and O–H groups in total. The molecule has 0 radical (unpaired) electrons. The zero-order valence-corrected chi connectivity index (χ0v) is 16.7. The van der Waals surface area contributed by atoms with E-state index in [1.54, 1.807) is 26.3 Å². The van der Waals surface area contributed by atoms with Crippen LogP contribution in [0.3, 0.4) is 0 Å². The number of hydrogen-bond acceptors (Lipinski definition) is 2. The molecule has 0 bridgehead atoms. The molecular weight excluding hydrogens is 464 g/mol. The molecule has 1 aliphatic heterocycles. The van der Waals surface area contributed by atoms with Gasteiger partial charge in [0.05, 0.1) is 6.61 Å². The normalized spacial score (nSPS) is 18.3. The predicted octanol–water partition coefficient (Wildman–Crippen LogP) is 3.25. The van der Waals surface area contributed by atoms with Crippen LogP contribution in [-0.4, -0.2) is 44.7 Å². The minimum atomic E-state index is -0.208. The molecule has 0 amide bonds. The van der Waals surface area contributed by atoms with Gasteiger partial charge >= 0.3 is 0 Å². The lowest BCUT2D eigenvalue weighted by Gasteiger charge is -2.21. The molecule has 1 heterocycles. The van der Waals surface area contributed by atoms with E-state index < -0.39 is 0 Å². The molecule has 1 unspecified atom stereocenters. The van der Waals surface area contributed by atoms with E-state index in [0.29, 0.717) is 18.0 Å². The van der Waals surface area contributed by atoms with Crippen molar-refractivity contribution in [3.8, 4) is 0 Å². The average Bonchev–Trinajstić information content (AvgIpc) is 2.92. The highest BCUT2D eigenvalue weighted by Gasteiger charge is 2.24. The van der Waals surface area contributed by atoms with Crippen LogP contribution < -0.4 is 5.32 Å². The molecule has 1 fully saturated rings. The summed E-state index contributed by atoms with van der Waals surface area (Å²) >= 11 is 3.36. The first-order valence-corrected chi connectivity index (χ1v) is 7.81. The molecule has 0 spiro atoms. The second-order valence-electron chi connectivity index (χ2n) is 5.19. The number of rotatable bonds is 4. The molecule has 0 aromatic heterocycles. The number of hydrogen-bond donors (Lipinski definition) is 1. The SMILES string of the molecule is CN=C(NCc1cc(Br)ccc1F)N1CCC(COC)C1.I. The van der Waals surface area contributed by atoms with Gasteiger partial charge in [-0.3, -0.25) is 4.99 Å². The largest absolute Gasteiger partial charge is 0.384 e. The van der Waals surface area contributed by atoms with Gasteiger partial charge in [-0.25, -0.2) is 4.39 Å². The van der Waals surface area contributed by atoms with E-state index in [0.717, 1.165) is 36.5 Å². The number of ether oxygens (including phenoxy) is 1. The fourth-order valence-electron chi connectivity index (χ4n) is 2.58. The van der Waals surface area contributed by atoms with Crippen LogP contribution in [0.2, 0.25) is 0 Å². The van der Waals surface area contributed by atoms with E-state index in [4.69, 9.17) is 4.74 Å². The summed E-state index contributed by atoms with van der Waals surface area (Å²) < 4.78 is 19.8. The van der Waals surface area contributed by atoms with Gasteiger partial charge < -0.3 is 15.0 Å². The molecule has 1 saturated heterocycles. The van der Waals surface area contributed by atoms with Crippen LogP contribution in [0.4, 0.5) is 4.39 Å². The maximum absolute atomic E-state index is 13.7. The zero-order chi connectivity index (χ0) is 15.2. The summed E-state index contributed by atoms with van der Waals surface area (Å²) in [7, 11) is 3.48. The lowest BCUT2D eigenvalue weighted by molar-refractivity contribution is 0.157. The summed E-state index contributed by atoms with van der Waals surface area (Å²) in [6, 6.07) is 4.95. The molecule has 0 aliphatic carbocycles. The molecule has 2 rings (SSSR count). The first-order chi connectivity index (χ1) is 10.1. The molecular formula is C15H22BrFIN3O. The maximum atomic E-state index is 13.7. The van der Waals surface area contributed by atoms with Crippen LogP contribution in [0.25, 0.3) is 0 Å². The minimum Gasteiger partial charge on any atom is -0.384 e. The van der Waals surface area contributed by atoms with Crippen molar-refractivity contribution < 1.29 is 9.13 Å². The smallest absolute Gasteiger partial charge is 0.193 e. The Morgan fingerprint density at radius 2 is 2.32 bits per heavy atom. The van der Waals surface area contributed by atoms with E-state index in [-0.39, 0.29) is 29.8 Å². The van der Waals surface area contributed by atoms with Gasteiger partial charge in [0.15, 0.2) is 5.96 Å². The Hall–Kier alpha value is -0.410. The summed E-state index contributed by atoms with van der Waals surface area (Å²) in [4.78, 5) is 6.48. The molecule has 1 aliphatic rings. The standard InChI is InChI=1S/C15H21BrFN3O.HI/c1-18-15(20-6-5-11(9-20)10-21-2)19-8-12-7-13(16)3-4-14(12)17;/h3-4,7,11H,5-6,8-10H2,1-2H3,(H,18,19);1H. The van der Waals surface area contributed by atoms with Crippen LogP contribution in [0.1, 0.15) is 12.0 Å². The van der Waals surface area contributed by atoms with Crippen molar-refractivity contribution in [2.75, 3.05) is 33.9 Å². The summed E-state index contributed by atoms with van der Waals surface area (Å²) in [5.74, 6) is 1.14. The fraction of sp³-hybridized carbons (Fsp3) is 0.533. The molecule has 7 heteroatoms. The second kappa shape index (κ2) is 9.67. The molecule has 4 nitrogen and oxygen atoms in total. The number of benzene rings is 1. The number of guanidine groups is 1. The minimum absolute atomic E-state index is 0.